The zero-order chi connectivity index (χ0) is 9.80. The molecule has 72 valence electrons. The number of hydrogen-bond acceptors (Lipinski definition) is 4. The molecular weight excluding hydrogens is 178 g/mol. The average molecular weight is 189 g/mol. The van der Waals surface area contributed by atoms with E-state index >= 15 is 0 Å². The third-order valence-electron chi connectivity index (χ3n) is 2.14. The van der Waals surface area contributed by atoms with Gasteiger partial charge in [-0.25, -0.2) is 9.97 Å². The van der Waals surface area contributed by atoms with Crippen molar-refractivity contribution in [2.75, 3.05) is 18.0 Å². The largest absolute Gasteiger partial charge is 0.337 e. The van der Waals surface area contributed by atoms with Crippen LogP contribution >= 0.6 is 0 Å². The monoisotopic (exact) mass is 189 g/mol. The van der Waals surface area contributed by atoms with Crippen molar-refractivity contribution >= 4 is 12.2 Å². The van der Waals surface area contributed by atoms with E-state index < -0.39 is 0 Å². The second-order valence-corrected chi connectivity index (χ2v) is 3.14. The summed E-state index contributed by atoms with van der Waals surface area (Å²) in [5.41, 5.74) is 0.515. The Bertz CT molecular complexity index is 345. The Morgan fingerprint density at radius 3 is 2.64 bits per heavy atom. The van der Waals surface area contributed by atoms with E-state index in [9.17, 15) is 4.79 Å². The van der Waals surface area contributed by atoms with E-state index in [1.165, 1.54) is 0 Å². The fraction of sp³-hybridized carbons (Fsp3) is 0.300. The number of rotatable bonds is 2. The number of aldehydes is 1. The molecule has 0 N–H and O–H groups in total. The molecule has 0 fully saturated rings. The quantitative estimate of drug-likeness (QED) is 0.515. The van der Waals surface area contributed by atoms with Crippen LogP contribution in [0.5, 0.6) is 0 Å². The smallest absolute Gasteiger partial charge is 0.225 e. The first-order valence-corrected chi connectivity index (χ1v) is 4.57. The Kier molecular flexibility index (Phi) is 2.53. The molecule has 4 nitrogen and oxygen atoms in total. The number of carbonyl (C=O) groups excluding carboxylic acids is 1. The van der Waals surface area contributed by atoms with E-state index in [1.807, 2.05) is 0 Å². The summed E-state index contributed by atoms with van der Waals surface area (Å²) in [4.78, 5) is 20.7. The van der Waals surface area contributed by atoms with E-state index in [2.05, 4.69) is 27.0 Å². The standard InChI is InChI=1S/C10H11N3O/c14-8-9-6-11-10(12-7-9)13-4-2-1-3-5-13/h1-2,6-8H,3-5H2. The summed E-state index contributed by atoms with van der Waals surface area (Å²) >= 11 is 0. The molecule has 1 aliphatic rings. The molecule has 0 atom stereocenters. The maximum atomic E-state index is 10.4. The van der Waals surface area contributed by atoms with Crippen molar-refractivity contribution in [3.05, 3.63) is 30.1 Å². The molecule has 14 heavy (non-hydrogen) atoms. The van der Waals surface area contributed by atoms with Gasteiger partial charge in [-0.3, -0.25) is 4.79 Å². The van der Waals surface area contributed by atoms with Gasteiger partial charge in [0.25, 0.3) is 0 Å². The maximum Gasteiger partial charge on any atom is 0.225 e. The summed E-state index contributed by atoms with van der Waals surface area (Å²) in [7, 11) is 0. The molecule has 0 saturated carbocycles. The van der Waals surface area contributed by atoms with Gasteiger partial charge in [0.15, 0.2) is 6.29 Å². The summed E-state index contributed by atoms with van der Waals surface area (Å²) in [6.07, 6.45) is 9.12. The molecule has 0 saturated heterocycles. The number of nitrogens with zero attached hydrogens (tertiary/aromatic N) is 3. The van der Waals surface area contributed by atoms with Crippen molar-refractivity contribution in [2.24, 2.45) is 0 Å². The fourth-order valence-electron chi connectivity index (χ4n) is 1.38. The van der Waals surface area contributed by atoms with Crippen molar-refractivity contribution < 1.29 is 4.79 Å². The second-order valence-electron chi connectivity index (χ2n) is 3.14. The minimum absolute atomic E-state index is 0.515. The highest BCUT2D eigenvalue weighted by atomic mass is 16.1. The van der Waals surface area contributed by atoms with Crippen LogP contribution in [0, 0.1) is 0 Å². The normalized spacial score (nSPS) is 15.6. The van der Waals surface area contributed by atoms with Gasteiger partial charge < -0.3 is 4.90 Å². The molecule has 0 unspecified atom stereocenters. The van der Waals surface area contributed by atoms with Crippen molar-refractivity contribution in [3.63, 3.8) is 0 Å². The van der Waals surface area contributed by atoms with E-state index in [4.69, 9.17) is 0 Å². The number of aromatic nitrogens is 2. The Balaban J connectivity index is 2.15. The molecule has 4 heteroatoms. The van der Waals surface area contributed by atoms with Crippen LogP contribution in [0.2, 0.25) is 0 Å². The summed E-state index contributed by atoms with van der Waals surface area (Å²) in [5, 5.41) is 0. The highest BCUT2D eigenvalue weighted by Gasteiger charge is 2.09. The summed E-state index contributed by atoms with van der Waals surface area (Å²) in [6, 6.07) is 0. The zero-order valence-corrected chi connectivity index (χ0v) is 7.76. The van der Waals surface area contributed by atoms with Crippen LogP contribution in [-0.4, -0.2) is 29.3 Å². The number of hydrogen-bond donors (Lipinski definition) is 0. The molecule has 0 spiro atoms. The SMILES string of the molecule is O=Cc1cnc(N2CC=CCC2)nc1. The van der Waals surface area contributed by atoms with Crippen LogP contribution in [0.3, 0.4) is 0 Å². The molecule has 1 aromatic rings. The van der Waals surface area contributed by atoms with Crippen LogP contribution in [0.15, 0.2) is 24.5 Å². The van der Waals surface area contributed by atoms with Gasteiger partial charge >= 0.3 is 0 Å². The van der Waals surface area contributed by atoms with Crippen LogP contribution in [-0.2, 0) is 0 Å². The van der Waals surface area contributed by atoms with Gasteiger partial charge in [0, 0.05) is 25.5 Å². The predicted molar refractivity (Wildman–Crippen MR) is 53.4 cm³/mol. The Labute approximate surface area is 82.3 Å². The number of anilines is 1. The fourth-order valence-corrected chi connectivity index (χ4v) is 1.38. The van der Waals surface area contributed by atoms with Crippen molar-refractivity contribution in [1.82, 2.24) is 9.97 Å². The summed E-state index contributed by atoms with van der Waals surface area (Å²) in [6.45, 7) is 1.79. The third kappa shape index (κ3) is 1.79. The van der Waals surface area contributed by atoms with Gasteiger partial charge in [-0.1, -0.05) is 12.2 Å². The van der Waals surface area contributed by atoms with E-state index in [0.29, 0.717) is 11.5 Å². The highest BCUT2D eigenvalue weighted by Crippen LogP contribution is 2.10. The first-order valence-electron chi connectivity index (χ1n) is 4.57. The van der Waals surface area contributed by atoms with Gasteiger partial charge in [0.05, 0.1) is 5.56 Å². The molecule has 2 rings (SSSR count). The first kappa shape index (κ1) is 8.87. The van der Waals surface area contributed by atoms with E-state index in [0.717, 1.165) is 25.8 Å². The molecule has 2 heterocycles. The molecular formula is C10H11N3O. The molecule has 0 radical (unpaired) electrons. The first-order chi connectivity index (χ1) is 6.90. The van der Waals surface area contributed by atoms with Crippen molar-refractivity contribution in [3.8, 4) is 0 Å². The minimum atomic E-state index is 0.515. The zero-order valence-electron chi connectivity index (χ0n) is 7.76. The Morgan fingerprint density at radius 2 is 2.07 bits per heavy atom. The molecule has 0 aliphatic carbocycles. The molecule has 1 aromatic heterocycles. The average Bonchev–Trinajstić information content (AvgIpc) is 2.30. The van der Waals surface area contributed by atoms with Gasteiger partial charge in [0.2, 0.25) is 5.95 Å². The van der Waals surface area contributed by atoms with Crippen LogP contribution in [0.4, 0.5) is 5.95 Å². The minimum Gasteiger partial charge on any atom is -0.337 e. The van der Waals surface area contributed by atoms with Crippen molar-refractivity contribution in [2.45, 2.75) is 6.42 Å². The summed E-state index contributed by atoms with van der Waals surface area (Å²) in [5.74, 6) is 0.694. The lowest BCUT2D eigenvalue weighted by molar-refractivity contribution is 0.112. The topological polar surface area (TPSA) is 46.1 Å². The van der Waals surface area contributed by atoms with Gasteiger partial charge in [-0.15, -0.1) is 0 Å². The third-order valence-corrected chi connectivity index (χ3v) is 2.14. The Morgan fingerprint density at radius 1 is 1.29 bits per heavy atom. The molecule has 0 aromatic carbocycles. The molecule has 0 bridgehead atoms. The number of carbonyl (C=O) groups is 1. The molecule has 0 amide bonds. The predicted octanol–water partition coefficient (Wildman–Crippen LogP) is 1.06. The Hall–Kier alpha value is -1.71. The van der Waals surface area contributed by atoms with Gasteiger partial charge in [-0.2, -0.15) is 0 Å². The lowest BCUT2D eigenvalue weighted by Gasteiger charge is -2.22. The van der Waals surface area contributed by atoms with Gasteiger partial charge in [0.1, 0.15) is 0 Å². The summed E-state index contributed by atoms with van der Waals surface area (Å²) < 4.78 is 0. The van der Waals surface area contributed by atoms with E-state index in [-0.39, 0.29) is 0 Å². The van der Waals surface area contributed by atoms with Crippen LogP contribution < -0.4 is 4.90 Å². The molecule has 1 aliphatic heterocycles. The maximum absolute atomic E-state index is 10.4. The second kappa shape index (κ2) is 4.00. The lowest BCUT2D eigenvalue weighted by Crippen LogP contribution is -2.28. The lowest BCUT2D eigenvalue weighted by atomic mass is 10.2. The van der Waals surface area contributed by atoms with Crippen LogP contribution in [0.25, 0.3) is 0 Å². The highest BCUT2D eigenvalue weighted by molar-refractivity contribution is 5.73. The van der Waals surface area contributed by atoms with Crippen molar-refractivity contribution in [1.29, 1.82) is 0 Å². The van der Waals surface area contributed by atoms with E-state index in [1.54, 1.807) is 12.4 Å². The van der Waals surface area contributed by atoms with Gasteiger partial charge in [-0.05, 0) is 6.42 Å². The van der Waals surface area contributed by atoms with Crippen LogP contribution in [0.1, 0.15) is 16.8 Å².